The first-order chi connectivity index (χ1) is 16.1. The normalized spacial score (nSPS) is 19.4. The number of hydrogen-bond acceptors (Lipinski definition) is 8. The summed E-state index contributed by atoms with van der Waals surface area (Å²) in [5.41, 5.74) is 2.87. The number of nitrogens with one attached hydrogen (secondary N) is 1. The second kappa shape index (κ2) is 10.4. The molecule has 0 saturated heterocycles. The molecule has 1 aromatic carbocycles. The van der Waals surface area contributed by atoms with Crippen molar-refractivity contribution in [3.05, 3.63) is 46.3 Å². The fourth-order valence-corrected chi connectivity index (χ4v) is 4.55. The molecule has 0 radical (unpaired) electrons. The Kier molecular flexibility index (Phi) is 7.82. The highest BCUT2D eigenvalue weighted by Crippen LogP contribution is 2.47. The zero-order valence-electron chi connectivity index (χ0n) is 20.7. The first-order valence-corrected chi connectivity index (χ1v) is 11.4. The monoisotopic (exact) mass is 471 g/mol. The molecule has 1 aliphatic heterocycles. The minimum Gasteiger partial charge on any atom is -0.490 e. The van der Waals surface area contributed by atoms with E-state index in [4.69, 9.17) is 18.9 Å². The van der Waals surface area contributed by atoms with Gasteiger partial charge in [0, 0.05) is 43.3 Å². The third-order valence-electron chi connectivity index (χ3n) is 5.83. The van der Waals surface area contributed by atoms with E-state index in [1.54, 1.807) is 18.2 Å². The first-order valence-electron chi connectivity index (χ1n) is 11.4. The highest BCUT2D eigenvalue weighted by atomic mass is 16.6. The Balaban J connectivity index is 2.14. The van der Waals surface area contributed by atoms with Crippen molar-refractivity contribution in [2.45, 2.75) is 53.4 Å². The van der Waals surface area contributed by atoms with Crippen molar-refractivity contribution in [1.29, 1.82) is 0 Å². The predicted octanol–water partition coefficient (Wildman–Crippen LogP) is 3.80. The Morgan fingerprint density at radius 3 is 2.53 bits per heavy atom. The van der Waals surface area contributed by atoms with Gasteiger partial charge in [0.15, 0.2) is 17.3 Å². The van der Waals surface area contributed by atoms with Crippen LogP contribution in [0.2, 0.25) is 0 Å². The Morgan fingerprint density at radius 2 is 1.88 bits per heavy atom. The highest BCUT2D eigenvalue weighted by Gasteiger charge is 2.43. The number of esters is 2. The van der Waals surface area contributed by atoms with Crippen molar-refractivity contribution in [1.82, 2.24) is 5.32 Å². The molecule has 0 amide bonds. The van der Waals surface area contributed by atoms with E-state index in [2.05, 4.69) is 19.2 Å². The van der Waals surface area contributed by atoms with Gasteiger partial charge in [-0.1, -0.05) is 19.9 Å². The highest BCUT2D eigenvalue weighted by molar-refractivity contribution is 6.04. The molecule has 0 aromatic heterocycles. The van der Waals surface area contributed by atoms with Crippen molar-refractivity contribution in [3.63, 3.8) is 0 Å². The second-order valence-electron chi connectivity index (χ2n) is 9.29. The van der Waals surface area contributed by atoms with Crippen molar-refractivity contribution in [3.8, 4) is 11.5 Å². The van der Waals surface area contributed by atoms with Gasteiger partial charge in [-0.25, -0.2) is 4.79 Å². The van der Waals surface area contributed by atoms with Crippen LogP contribution in [0.5, 0.6) is 11.5 Å². The van der Waals surface area contributed by atoms with Crippen LogP contribution in [-0.4, -0.2) is 44.7 Å². The lowest BCUT2D eigenvalue weighted by molar-refractivity contribution is -0.140. The lowest BCUT2D eigenvalue weighted by atomic mass is 9.68. The number of allylic oxidation sites excluding steroid dienone is 3. The molecular formula is C26H33NO7. The van der Waals surface area contributed by atoms with Gasteiger partial charge in [-0.2, -0.15) is 0 Å². The van der Waals surface area contributed by atoms with Gasteiger partial charge in [0.05, 0.1) is 18.8 Å². The average Bonchev–Trinajstić information content (AvgIpc) is 2.73. The van der Waals surface area contributed by atoms with Crippen molar-refractivity contribution >= 4 is 17.7 Å². The van der Waals surface area contributed by atoms with Crippen LogP contribution >= 0.6 is 0 Å². The van der Waals surface area contributed by atoms with Gasteiger partial charge in [-0.15, -0.1) is 0 Å². The number of methoxy groups -OCH3 is 1. The Bertz CT molecular complexity index is 1050. The molecule has 184 valence electrons. The number of dihydropyridines is 1. The second-order valence-corrected chi connectivity index (χ2v) is 9.29. The van der Waals surface area contributed by atoms with Crippen LogP contribution in [0.15, 0.2) is 40.7 Å². The molecule has 34 heavy (non-hydrogen) atoms. The molecule has 1 heterocycles. The van der Waals surface area contributed by atoms with Crippen LogP contribution in [0.1, 0.15) is 58.9 Å². The number of carbonyl (C=O) groups excluding carboxylic acids is 3. The minimum atomic E-state index is -0.638. The summed E-state index contributed by atoms with van der Waals surface area (Å²) in [7, 11) is 1.53. The lowest BCUT2D eigenvalue weighted by Gasteiger charge is -2.39. The van der Waals surface area contributed by atoms with Gasteiger partial charge >= 0.3 is 11.9 Å². The summed E-state index contributed by atoms with van der Waals surface area (Å²) in [5.74, 6) is -0.992. The van der Waals surface area contributed by atoms with E-state index >= 15 is 0 Å². The summed E-state index contributed by atoms with van der Waals surface area (Å²) < 4.78 is 21.5. The fraction of sp³-hybridized carbons (Fsp3) is 0.500. The maximum Gasteiger partial charge on any atom is 0.336 e. The minimum absolute atomic E-state index is 0.0135. The van der Waals surface area contributed by atoms with Crippen LogP contribution in [0.4, 0.5) is 0 Å². The zero-order valence-corrected chi connectivity index (χ0v) is 20.7. The van der Waals surface area contributed by atoms with Crippen LogP contribution in [0.25, 0.3) is 0 Å². The molecule has 0 fully saturated rings. The molecule has 0 spiro atoms. The van der Waals surface area contributed by atoms with E-state index in [1.165, 1.54) is 14.0 Å². The van der Waals surface area contributed by atoms with Crippen molar-refractivity contribution < 1.29 is 33.3 Å². The summed E-state index contributed by atoms with van der Waals surface area (Å²) in [6, 6.07) is 5.11. The van der Waals surface area contributed by atoms with E-state index in [0.29, 0.717) is 47.6 Å². The maximum absolute atomic E-state index is 13.4. The van der Waals surface area contributed by atoms with Gasteiger partial charge in [-0.05, 0) is 43.4 Å². The molecule has 3 rings (SSSR count). The standard InChI is InChI=1S/C26H33NO7/c1-7-32-21-12-17(8-9-20(21)34-16(3)28)23-22(25(30)33-11-10-31-6)15(2)27-18-13-26(4,5)14-19(29)24(18)23/h8-9,12,23,27H,7,10-11,13-14H2,1-6H3/t23-/m0/s1. The zero-order chi connectivity index (χ0) is 25.0. The lowest BCUT2D eigenvalue weighted by Crippen LogP contribution is -2.38. The Morgan fingerprint density at radius 1 is 1.15 bits per heavy atom. The third kappa shape index (κ3) is 5.50. The molecule has 0 saturated carbocycles. The number of hydrogen-bond donors (Lipinski definition) is 1. The number of carbonyl (C=O) groups is 3. The van der Waals surface area contributed by atoms with E-state index in [0.717, 1.165) is 5.70 Å². The van der Waals surface area contributed by atoms with Gasteiger partial charge in [0.1, 0.15) is 6.61 Å². The molecule has 1 N–H and O–H groups in total. The van der Waals surface area contributed by atoms with Crippen molar-refractivity contribution in [2.75, 3.05) is 26.9 Å². The van der Waals surface area contributed by atoms with Gasteiger partial charge in [0.2, 0.25) is 0 Å². The van der Waals surface area contributed by atoms with Crippen LogP contribution < -0.4 is 14.8 Å². The first kappa shape index (κ1) is 25.5. The number of ether oxygens (including phenoxy) is 4. The summed E-state index contributed by atoms with van der Waals surface area (Å²) in [6.45, 7) is 9.78. The number of benzene rings is 1. The van der Waals surface area contributed by atoms with Gasteiger partial charge < -0.3 is 24.3 Å². The molecule has 0 bridgehead atoms. The quantitative estimate of drug-likeness (QED) is 0.347. The summed E-state index contributed by atoms with van der Waals surface area (Å²) in [6.07, 6.45) is 1.05. The molecular weight excluding hydrogens is 438 g/mol. The summed E-state index contributed by atoms with van der Waals surface area (Å²) in [4.78, 5) is 38.1. The summed E-state index contributed by atoms with van der Waals surface area (Å²) >= 11 is 0. The molecule has 8 heteroatoms. The molecule has 1 atom stereocenters. The smallest absolute Gasteiger partial charge is 0.336 e. The number of Topliss-reactive ketones (excluding diaryl/α,β-unsaturated/α-hetero) is 1. The predicted molar refractivity (Wildman–Crippen MR) is 125 cm³/mol. The molecule has 1 aliphatic carbocycles. The number of rotatable bonds is 8. The van der Waals surface area contributed by atoms with E-state index in [1.807, 2.05) is 13.8 Å². The fourth-order valence-electron chi connectivity index (χ4n) is 4.55. The maximum atomic E-state index is 13.4. The van der Waals surface area contributed by atoms with Crippen LogP contribution in [-0.2, 0) is 23.9 Å². The largest absolute Gasteiger partial charge is 0.490 e. The van der Waals surface area contributed by atoms with Crippen molar-refractivity contribution in [2.24, 2.45) is 5.41 Å². The van der Waals surface area contributed by atoms with E-state index in [-0.39, 0.29) is 30.2 Å². The van der Waals surface area contributed by atoms with E-state index < -0.39 is 17.9 Å². The average molecular weight is 472 g/mol. The van der Waals surface area contributed by atoms with E-state index in [9.17, 15) is 14.4 Å². The topological polar surface area (TPSA) is 100 Å². The molecule has 1 aromatic rings. The summed E-state index contributed by atoms with van der Waals surface area (Å²) in [5, 5.41) is 3.31. The van der Waals surface area contributed by atoms with Crippen LogP contribution in [0, 0.1) is 5.41 Å². The molecule has 2 aliphatic rings. The Labute approximate surface area is 200 Å². The molecule has 8 nitrogen and oxygen atoms in total. The Hall–Kier alpha value is -3.13. The van der Waals surface area contributed by atoms with Gasteiger partial charge in [0.25, 0.3) is 0 Å². The molecule has 0 unspecified atom stereocenters. The third-order valence-corrected chi connectivity index (χ3v) is 5.83. The van der Waals surface area contributed by atoms with Gasteiger partial charge in [-0.3, -0.25) is 9.59 Å². The number of ketones is 1. The van der Waals surface area contributed by atoms with Crippen LogP contribution in [0.3, 0.4) is 0 Å². The SMILES string of the molecule is CCOc1cc([C@H]2C(C(=O)OCCOC)=C(C)NC3=C2C(=O)CC(C)(C)C3)ccc1OC(C)=O.